The summed E-state index contributed by atoms with van der Waals surface area (Å²) in [6.45, 7) is 0.550. The zero-order valence-electron chi connectivity index (χ0n) is 12.5. The Bertz CT molecular complexity index is 545. The number of nitrogens with one attached hydrogen (secondary N) is 1. The van der Waals surface area contributed by atoms with E-state index in [1.165, 1.54) is 0 Å². The third-order valence-corrected chi connectivity index (χ3v) is 3.73. The molecule has 118 valence electrons. The minimum absolute atomic E-state index is 0.0111. The van der Waals surface area contributed by atoms with Gasteiger partial charge in [0, 0.05) is 13.0 Å². The molecule has 0 aliphatic carbocycles. The van der Waals surface area contributed by atoms with Crippen molar-refractivity contribution < 1.29 is 14.4 Å². The lowest BCUT2D eigenvalue weighted by Crippen LogP contribution is -2.44. The maximum atomic E-state index is 12.1. The first kappa shape index (κ1) is 16.0. The summed E-state index contributed by atoms with van der Waals surface area (Å²) in [6, 6.07) is 7.94. The van der Waals surface area contributed by atoms with E-state index in [-0.39, 0.29) is 18.4 Å². The Labute approximate surface area is 129 Å². The molecule has 0 bridgehead atoms. The number of rotatable bonds is 5. The topological polar surface area (TPSA) is 92.5 Å². The lowest BCUT2D eigenvalue weighted by molar-refractivity contribution is -0.136. The molecule has 6 nitrogen and oxygen atoms in total. The number of nitrogens with zero attached hydrogens (tertiary/aromatic N) is 1. The predicted molar refractivity (Wildman–Crippen MR) is 81.6 cm³/mol. The molecule has 1 aromatic rings. The number of nitrogens with two attached hydrogens (primary N) is 1. The number of amides is 3. The number of benzene rings is 1. The molecule has 1 saturated heterocycles. The molecular formula is C16H21N3O3. The molecule has 0 spiro atoms. The summed E-state index contributed by atoms with van der Waals surface area (Å²) in [5.41, 5.74) is 6.00. The van der Waals surface area contributed by atoms with E-state index < -0.39 is 11.9 Å². The number of hydrogen-bond donors (Lipinski definition) is 2. The number of primary amides is 1. The first-order valence-corrected chi connectivity index (χ1v) is 7.49. The van der Waals surface area contributed by atoms with Gasteiger partial charge < -0.3 is 16.0 Å². The largest absolute Gasteiger partial charge is 0.368 e. The smallest absolute Gasteiger partial charge is 0.244 e. The van der Waals surface area contributed by atoms with Crippen molar-refractivity contribution in [2.75, 3.05) is 13.1 Å². The molecule has 2 rings (SSSR count). The van der Waals surface area contributed by atoms with E-state index in [9.17, 15) is 14.4 Å². The summed E-state index contributed by atoms with van der Waals surface area (Å²) in [6.07, 6.45) is 3.24. The van der Waals surface area contributed by atoms with Crippen molar-refractivity contribution in [3.63, 3.8) is 0 Å². The second kappa shape index (κ2) is 7.59. The van der Waals surface area contributed by atoms with E-state index in [0.717, 1.165) is 19.3 Å². The van der Waals surface area contributed by atoms with Crippen LogP contribution in [0.15, 0.2) is 30.3 Å². The van der Waals surface area contributed by atoms with Crippen LogP contribution in [0.5, 0.6) is 0 Å². The lowest BCUT2D eigenvalue weighted by atomic mass is 10.1. The molecule has 0 radical (unpaired) electrons. The highest BCUT2D eigenvalue weighted by molar-refractivity contribution is 5.90. The Hall–Kier alpha value is -2.37. The summed E-state index contributed by atoms with van der Waals surface area (Å²) in [7, 11) is 0. The summed E-state index contributed by atoms with van der Waals surface area (Å²) in [4.78, 5) is 37.2. The van der Waals surface area contributed by atoms with Gasteiger partial charge >= 0.3 is 0 Å². The molecule has 0 unspecified atom stereocenters. The van der Waals surface area contributed by atoms with Crippen LogP contribution < -0.4 is 11.1 Å². The van der Waals surface area contributed by atoms with Gasteiger partial charge in [-0.1, -0.05) is 36.8 Å². The number of hydrogen-bond acceptors (Lipinski definition) is 3. The van der Waals surface area contributed by atoms with Gasteiger partial charge in [-0.3, -0.25) is 14.4 Å². The first-order chi connectivity index (χ1) is 10.6. The summed E-state index contributed by atoms with van der Waals surface area (Å²) >= 11 is 0. The summed E-state index contributed by atoms with van der Waals surface area (Å²) in [5.74, 6) is -1.01. The molecule has 1 atom stereocenters. The van der Waals surface area contributed by atoms with Crippen LogP contribution in [0.1, 0.15) is 37.3 Å². The second-order valence-corrected chi connectivity index (χ2v) is 5.44. The summed E-state index contributed by atoms with van der Waals surface area (Å²) < 4.78 is 0. The van der Waals surface area contributed by atoms with Gasteiger partial charge in [-0.25, -0.2) is 0 Å². The van der Waals surface area contributed by atoms with Gasteiger partial charge in [0.1, 0.15) is 6.04 Å². The minimum Gasteiger partial charge on any atom is -0.368 e. The maximum absolute atomic E-state index is 12.1. The van der Waals surface area contributed by atoms with E-state index in [0.29, 0.717) is 18.5 Å². The molecule has 6 heteroatoms. The number of likely N-dealkylation sites (tertiary alicyclic amines) is 1. The average molecular weight is 303 g/mol. The van der Waals surface area contributed by atoms with Crippen LogP contribution in [0.3, 0.4) is 0 Å². The minimum atomic E-state index is -0.879. The molecule has 1 fully saturated rings. The van der Waals surface area contributed by atoms with Crippen molar-refractivity contribution in [2.24, 2.45) is 5.73 Å². The van der Waals surface area contributed by atoms with Crippen molar-refractivity contribution in [2.45, 2.75) is 31.7 Å². The predicted octanol–water partition coefficient (Wildman–Crippen LogP) is 0.732. The van der Waals surface area contributed by atoms with Crippen molar-refractivity contribution in [1.82, 2.24) is 10.2 Å². The van der Waals surface area contributed by atoms with E-state index >= 15 is 0 Å². The van der Waals surface area contributed by atoms with Gasteiger partial charge in [0.15, 0.2) is 0 Å². The third kappa shape index (κ3) is 4.31. The molecule has 1 aliphatic rings. The van der Waals surface area contributed by atoms with Crippen LogP contribution in [-0.2, 0) is 14.4 Å². The van der Waals surface area contributed by atoms with Gasteiger partial charge in [-0.15, -0.1) is 0 Å². The Morgan fingerprint density at radius 3 is 2.59 bits per heavy atom. The van der Waals surface area contributed by atoms with Crippen molar-refractivity contribution in [3.8, 4) is 0 Å². The highest BCUT2D eigenvalue weighted by Crippen LogP contribution is 2.13. The van der Waals surface area contributed by atoms with Crippen LogP contribution >= 0.6 is 0 Å². The Balaban J connectivity index is 1.99. The fraction of sp³-hybridized carbons (Fsp3) is 0.438. The number of carbonyl (C=O) groups is 3. The quantitative estimate of drug-likeness (QED) is 0.840. The van der Waals surface area contributed by atoms with Crippen LogP contribution in [0.25, 0.3) is 0 Å². The highest BCUT2D eigenvalue weighted by atomic mass is 16.2. The Morgan fingerprint density at radius 1 is 1.18 bits per heavy atom. The van der Waals surface area contributed by atoms with Gasteiger partial charge in [-0.05, 0) is 18.4 Å². The average Bonchev–Trinajstić information content (AvgIpc) is 2.70. The zero-order valence-corrected chi connectivity index (χ0v) is 12.5. The normalized spacial score (nSPS) is 16.7. The molecule has 1 aliphatic heterocycles. The fourth-order valence-corrected chi connectivity index (χ4v) is 2.55. The molecular weight excluding hydrogens is 282 g/mol. The molecule has 0 aromatic heterocycles. The SMILES string of the molecule is NC(=O)[C@@H](NC(=O)CN1CCCCCC1=O)c1ccccc1. The van der Waals surface area contributed by atoms with Crippen LogP contribution in [-0.4, -0.2) is 35.7 Å². The van der Waals surface area contributed by atoms with Crippen molar-refractivity contribution in [3.05, 3.63) is 35.9 Å². The Kier molecular flexibility index (Phi) is 5.52. The van der Waals surface area contributed by atoms with Gasteiger partial charge in [0.05, 0.1) is 6.54 Å². The molecule has 1 heterocycles. The standard InChI is InChI=1S/C16H21N3O3/c17-16(22)15(12-7-3-1-4-8-12)18-13(20)11-19-10-6-2-5-9-14(19)21/h1,3-4,7-8,15H,2,5-6,9-11H2,(H2,17,22)(H,18,20)/t15-/m0/s1. The summed E-state index contributed by atoms with van der Waals surface area (Å²) in [5, 5.41) is 2.61. The molecule has 1 aromatic carbocycles. The molecule has 3 amide bonds. The zero-order chi connectivity index (χ0) is 15.9. The Morgan fingerprint density at radius 2 is 1.91 bits per heavy atom. The molecule has 3 N–H and O–H groups in total. The number of carbonyl (C=O) groups excluding carboxylic acids is 3. The lowest BCUT2D eigenvalue weighted by Gasteiger charge is -2.22. The van der Waals surface area contributed by atoms with E-state index in [4.69, 9.17) is 5.73 Å². The fourth-order valence-electron chi connectivity index (χ4n) is 2.55. The van der Waals surface area contributed by atoms with E-state index in [1.807, 2.05) is 6.07 Å². The first-order valence-electron chi connectivity index (χ1n) is 7.49. The highest BCUT2D eigenvalue weighted by Gasteiger charge is 2.23. The van der Waals surface area contributed by atoms with Gasteiger partial charge in [-0.2, -0.15) is 0 Å². The third-order valence-electron chi connectivity index (χ3n) is 3.73. The van der Waals surface area contributed by atoms with Crippen LogP contribution in [0.2, 0.25) is 0 Å². The van der Waals surface area contributed by atoms with E-state index in [1.54, 1.807) is 29.2 Å². The van der Waals surface area contributed by atoms with E-state index in [2.05, 4.69) is 5.32 Å². The molecule has 0 saturated carbocycles. The van der Waals surface area contributed by atoms with Crippen molar-refractivity contribution in [1.29, 1.82) is 0 Å². The molecule has 22 heavy (non-hydrogen) atoms. The van der Waals surface area contributed by atoms with Crippen molar-refractivity contribution >= 4 is 17.7 Å². The monoisotopic (exact) mass is 303 g/mol. The van der Waals surface area contributed by atoms with Gasteiger partial charge in [0.2, 0.25) is 17.7 Å². The maximum Gasteiger partial charge on any atom is 0.244 e. The second-order valence-electron chi connectivity index (χ2n) is 5.44. The van der Waals surface area contributed by atoms with Crippen LogP contribution in [0.4, 0.5) is 0 Å². The van der Waals surface area contributed by atoms with Gasteiger partial charge in [0.25, 0.3) is 0 Å². The van der Waals surface area contributed by atoms with Crippen LogP contribution in [0, 0.1) is 0 Å².